The zero-order valence-electron chi connectivity index (χ0n) is 16.5. The zero-order valence-corrected chi connectivity index (χ0v) is 17.3. The van der Waals surface area contributed by atoms with Crippen LogP contribution in [0, 0.1) is 5.82 Å². The summed E-state index contributed by atoms with van der Waals surface area (Å²) in [5.74, 6) is 0.873. The van der Waals surface area contributed by atoms with E-state index in [2.05, 4.69) is 8.61 Å². The SMILES string of the molecule is NCc1cccc(OCC2CC(c3ccccc3F)CN2SN2CCOCC2)c1. The maximum Gasteiger partial charge on any atom is 0.126 e. The maximum absolute atomic E-state index is 14.4. The lowest BCUT2D eigenvalue weighted by Crippen LogP contribution is -2.38. The topological polar surface area (TPSA) is 51.0 Å². The van der Waals surface area contributed by atoms with Gasteiger partial charge in [-0.1, -0.05) is 30.3 Å². The Labute approximate surface area is 176 Å². The first-order chi connectivity index (χ1) is 14.2. The number of morpholine rings is 1. The van der Waals surface area contributed by atoms with E-state index >= 15 is 0 Å². The minimum atomic E-state index is -0.119. The number of ether oxygens (including phenoxy) is 2. The molecule has 0 aliphatic carbocycles. The van der Waals surface area contributed by atoms with Gasteiger partial charge < -0.3 is 15.2 Å². The van der Waals surface area contributed by atoms with Gasteiger partial charge in [-0.05, 0) is 35.7 Å². The molecule has 0 saturated carbocycles. The highest BCUT2D eigenvalue weighted by molar-refractivity contribution is 7.94. The molecule has 5 nitrogen and oxygen atoms in total. The smallest absolute Gasteiger partial charge is 0.126 e. The molecule has 0 amide bonds. The van der Waals surface area contributed by atoms with Crippen LogP contribution in [-0.4, -0.2) is 54.1 Å². The highest BCUT2D eigenvalue weighted by atomic mass is 32.2. The largest absolute Gasteiger partial charge is 0.492 e. The van der Waals surface area contributed by atoms with Crippen LogP contribution in [0.2, 0.25) is 0 Å². The molecule has 2 saturated heterocycles. The van der Waals surface area contributed by atoms with Crippen molar-refractivity contribution in [3.8, 4) is 5.75 Å². The van der Waals surface area contributed by atoms with Gasteiger partial charge in [0.2, 0.25) is 0 Å². The van der Waals surface area contributed by atoms with Crippen LogP contribution in [0.15, 0.2) is 48.5 Å². The van der Waals surface area contributed by atoms with Crippen molar-refractivity contribution in [3.63, 3.8) is 0 Å². The van der Waals surface area contributed by atoms with Crippen molar-refractivity contribution >= 4 is 12.1 Å². The molecule has 2 aliphatic rings. The molecule has 0 bridgehead atoms. The van der Waals surface area contributed by atoms with Gasteiger partial charge in [0.1, 0.15) is 18.2 Å². The number of rotatable bonds is 7. The second kappa shape index (κ2) is 9.91. The van der Waals surface area contributed by atoms with Crippen molar-refractivity contribution in [1.82, 2.24) is 8.61 Å². The zero-order chi connectivity index (χ0) is 20.1. The number of halogens is 1. The Morgan fingerprint density at radius 1 is 1.14 bits per heavy atom. The van der Waals surface area contributed by atoms with E-state index in [1.165, 1.54) is 0 Å². The number of nitrogens with two attached hydrogens (primary N) is 1. The van der Waals surface area contributed by atoms with Crippen molar-refractivity contribution in [2.75, 3.05) is 39.5 Å². The lowest BCUT2D eigenvalue weighted by molar-refractivity contribution is 0.0753. The van der Waals surface area contributed by atoms with Crippen LogP contribution in [-0.2, 0) is 11.3 Å². The number of hydrogen-bond donors (Lipinski definition) is 1. The Bertz CT molecular complexity index is 803. The lowest BCUT2D eigenvalue weighted by Gasteiger charge is -2.31. The minimum absolute atomic E-state index is 0.119. The van der Waals surface area contributed by atoms with E-state index in [1.54, 1.807) is 24.3 Å². The number of benzene rings is 2. The maximum atomic E-state index is 14.4. The molecule has 7 heteroatoms. The summed E-state index contributed by atoms with van der Waals surface area (Å²) in [7, 11) is 0. The molecule has 2 unspecified atom stereocenters. The molecule has 2 N–H and O–H groups in total. The molecule has 2 aliphatic heterocycles. The molecule has 2 aromatic carbocycles. The average Bonchev–Trinajstić information content (AvgIpc) is 3.16. The van der Waals surface area contributed by atoms with Crippen molar-refractivity contribution in [2.45, 2.75) is 24.9 Å². The van der Waals surface area contributed by atoms with Crippen molar-refractivity contribution in [3.05, 3.63) is 65.5 Å². The van der Waals surface area contributed by atoms with E-state index in [4.69, 9.17) is 15.2 Å². The summed E-state index contributed by atoms with van der Waals surface area (Å²) >= 11 is 1.75. The Morgan fingerprint density at radius 3 is 2.76 bits per heavy atom. The van der Waals surface area contributed by atoms with Gasteiger partial charge in [0.05, 0.1) is 19.3 Å². The van der Waals surface area contributed by atoms with Crippen LogP contribution >= 0.6 is 12.1 Å². The third-order valence-corrected chi connectivity index (χ3v) is 6.73. The van der Waals surface area contributed by atoms with Crippen LogP contribution in [0.1, 0.15) is 23.5 Å². The summed E-state index contributed by atoms with van der Waals surface area (Å²) < 4.78 is 30.7. The van der Waals surface area contributed by atoms with E-state index < -0.39 is 0 Å². The predicted molar refractivity (Wildman–Crippen MR) is 114 cm³/mol. The number of hydrogen-bond acceptors (Lipinski definition) is 6. The Hall–Kier alpha value is -1.64. The molecule has 29 heavy (non-hydrogen) atoms. The van der Waals surface area contributed by atoms with E-state index in [1.807, 2.05) is 36.4 Å². The molecular formula is C22H28FN3O2S. The summed E-state index contributed by atoms with van der Waals surface area (Å²) in [6.45, 7) is 5.18. The van der Waals surface area contributed by atoms with Crippen LogP contribution in [0.4, 0.5) is 4.39 Å². The fourth-order valence-corrected chi connectivity index (χ4v) is 5.04. The monoisotopic (exact) mass is 417 g/mol. The van der Waals surface area contributed by atoms with Gasteiger partial charge in [-0.25, -0.2) is 13.0 Å². The molecule has 156 valence electrons. The van der Waals surface area contributed by atoms with Crippen LogP contribution in [0.25, 0.3) is 0 Å². The highest BCUT2D eigenvalue weighted by Crippen LogP contribution is 2.38. The van der Waals surface area contributed by atoms with Crippen LogP contribution in [0.5, 0.6) is 5.75 Å². The average molecular weight is 418 g/mol. The van der Waals surface area contributed by atoms with Gasteiger partial charge in [0.15, 0.2) is 0 Å². The van der Waals surface area contributed by atoms with Crippen molar-refractivity contribution in [2.24, 2.45) is 5.73 Å². The van der Waals surface area contributed by atoms with E-state index in [0.29, 0.717) is 13.2 Å². The molecule has 2 fully saturated rings. The van der Waals surface area contributed by atoms with E-state index in [0.717, 1.165) is 56.1 Å². The van der Waals surface area contributed by atoms with Gasteiger partial charge in [0.25, 0.3) is 0 Å². The molecule has 2 atom stereocenters. The standard InChI is InChI=1S/C22H28FN3O2S/c23-22-7-2-1-6-21(22)18-13-19(16-28-20-5-3-4-17(12-20)14-24)26(15-18)29-25-8-10-27-11-9-25/h1-7,12,18-19H,8-11,13-16,24H2. The molecule has 4 rings (SSSR count). The summed E-state index contributed by atoms with van der Waals surface area (Å²) in [5, 5.41) is 0. The molecule has 2 aromatic rings. The second-order valence-corrected chi connectivity index (χ2v) is 8.64. The van der Waals surface area contributed by atoms with E-state index in [-0.39, 0.29) is 17.8 Å². The highest BCUT2D eigenvalue weighted by Gasteiger charge is 2.36. The first-order valence-electron chi connectivity index (χ1n) is 10.2. The normalized spacial score (nSPS) is 23.4. The van der Waals surface area contributed by atoms with Gasteiger partial charge in [-0.15, -0.1) is 0 Å². The van der Waals surface area contributed by atoms with E-state index in [9.17, 15) is 4.39 Å². The first kappa shape index (κ1) is 20.6. The summed E-state index contributed by atoms with van der Waals surface area (Å²) in [4.78, 5) is 0. The molecular weight excluding hydrogens is 389 g/mol. The predicted octanol–water partition coefficient (Wildman–Crippen LogP) is 3.42. The van der Waals surface area contributed by atoms with Gasteiger partial charge >= 0.3 is 0 Å². The van der Waals surface area contributed by atoms with Crippen LogP contribution < -0.4 is 10.5 Å². The summed E-state index contributed by atoms with van der Waals surface area (Å²) in [6, 6.07) is 15.2. The quantitative estimate of drug-likeness (QED) is 0.697. The van der Waals surface area contributed by atoms with Gasteiger partial charge in [-0.2, -0.15) is 0 Å². The van der Waals surface area contributed by atoms with Crippen molar-refractivity contribution < 1.29 is 13.9 Å². The molecule has 0 spiro atoms. The Balaban J connectivity index is 1.45. The fraction of sp³-hybridized carbons (Fsp3) is 0.455. The summed E-state index contributed by atoms with van der Waals surface area (Å²) in [5.41, 5.74) is 7.59. The molecule has 0 aromatic heterocycles. The molecule has 2 heterocycles. The minimum Gasteiger partial charge on any atom is -0.492 e. The first-order valence-corrected chi connectivity index (χ1v) is 10.9. The van der Waals surface area contributed by atoms with Crippen molar-refractivity contribution in [1.29, 1.82) is 0 Å². The van der Waals surface area contributed by atoms with Gasteiger partial charge in [-0.3, -0.25) is 0 Å². The number of nitrogens with zero attached hydrogens (tertiary/aromatic N) is 2. The Morgan fingerprint density at radius 2 is 1.97 bits per heavy atom. The fourth-order valence-electron chi connectivity index (χ4n) is 3.90. The summed E-state index contributed by atoms with van der Waals surface area (Å²) in [6.07, 6.45) is 0.870. The third kappa shape index (κ3) is 5.29. The van der Waals surface area contributed by atoms with Gasteiger partial charge in [0, 0.05) is 44.2 Å². The van der Waals surface area contributed by atoms with Crippen LogP contribution in [0.3, 0.4) is 0 Å². The third-order valence-electron chi connectivity index (χ3n) is 5.48. The lowest BCUT2D eigenvalue weighted by atomic mass is 9.96. The second-order valence-electron chi connectivity index (χ2n) is 7.49. The molecule has 0 radical (unpaired) electrons. The Kier molecular flexibility index (Phi) is 7.05.